The highest BCUT2D eigenvalue weighted by molar-refractivity contribution is 5.94. The van der Waals surface area contributed by atoms with Crippen molar-refractivity contribution in [1.82, 2.24) is 0 Å². The van der Waals surface area contributed by atoms with E-state index in [1.807, 2.05) is 19.1 Å². The first-order chi connectivity index (χ1) is 14.2. The van der Waals surface area contributed by atoms with E-state index in [4.69, 9.17) is 4.74 Å². The second kappa shape index (κ2) is 10.4. The molecule has 2 rings (SSSR count). The molecular formula is C21H21F3N2O4. The summed E-state index contributed by atoms with van der Waals surface area (Å²) in [5.74, 6) is -1.88. The molecule has 0 atom stereocenters. The standard InChI is InChI=1S/C21H21F3N2O4/c1-14-7-2-4-9-16(14)25-18(27)11-6-12-20(29)30-13-19(28)26-17-10-5-3-8-15(17)21(22,23)24/h2-5,7-10H,6,11-13H2,1H3,(H,25,27)(H,26,28). The lowest BCUT2D eigenvalue weighted by Gasteiger charge is -2.13. The van der Waals surface area contributed by atoms with Crippen molar-refractivity contribution in [1.29, 1.82) is 0 Å². The number of carbonyl (C=O) groups is 3. The molecular weight excluding hydrogens is 401 g/mol. The molecule has 6 nitrogen and oxygen atoms in total. The summed E-state index contributed by atoms with van der Waals surface area (Å²) in [6.07, 6.45) is -4.45. The zero-order chi connectivity index (χ0) is 22.1. The minimum atomic E-state index is -4.63. The molecule has 2 aromatic carbocycles. The number of ether oxygens (including phenoxy) is 1. The van der Waals surface area contributed by atoms with Gasteiger partial charge in [-0.25, -0.2) is 0 Å². The SMILES string of the molecule is Cc1ccccc1NC(=O)CCCC(=O)OCC(=O)Nc1ccccc1C(F)(F)F. The quantitative estimate of drug-likeness (QED) is 0.621. The van der Waals surface area contributed by atoms with Crippen LogP contribution in [0.4, 0.5) is 24.5 Å². The van der Waals surface area contributed by atoms with Gasteiger partial charge >= 0.3 is 12.1 Å². The number of esters is 1. The van der Waals surface area contributed by atoms with Gasteiger partial charge in [-0.2, -0.15) is 13.2 Å². The summed E-state index contributed by atoms with van der Waals surface area (Å²) in [6, 6.07) is 11.7. The smallest absolute Gasteiger partial charge is 0.418 e. The number of benzene rings is 2. The highest BCUT2D eigenvalue weighted by atomic mass is 19.4. The largest absolute Gasteiger partial charge is 0.456 e. The fourth-order valence-electron chi connectivity index (χ4n) is 2.56. The summed E-state index contributed by atoms with van der Waals surface area (Å²) in [5, 5.41) is 4.81. The number of hydrogen-bond acceptors (Lipinski definition) is 4. The van der Waals surface area contributed by atoms with Crippen LogP contribution in [0, 0.1) is 6.92 Å². The van der Waals surface area contributed by atoms with Gasteiger partial charge in [0, 0.05) is 18.5 Å². The molecule has 2 amide bonds. The normalized spacial score (nSPS) is 10.9. The molecule has 9 heteroatoms. The van der Waals surface area contributed by atoms with Gasteiger partial charge in [0.05, 0.1) is 11.3 Å². The van der Waals surface area contributed by atoms with Gasteiger partial charge in [0.25, 0.3) is 5.91 Å². The zero-order valence-corrected chi connectivity index (χ0v) is 16.2. The molecule has 0 radical (unpaired) electrons. The number of carbonyl (C=O) groups excluding carboxylic acids is 3. The van der Waals surface area contributed by atoms with E-state index in [1.165, 1.54) is 12.1 Å². The Labute approximate surface area is 171 Å². The van der Waals surface area contributed by atoms with E-state index in [9.17, 15) is 27.6 Å². The Morgan fingerprint density at radius 2 is 1.47 bits per heavy atom. The maximum absolute atomic E-state index is 12.9. The first-order valence-electron chi connectivity index (χ1n) is 9.14. The van der Waals surface area contributed by atoms with Crippen molar-refractivity contribution in [3.63, 3.8) is 0 Å². The third kappa shape index (κ3) is 7.23. The number of aryl methyl sites for hydroxylation is 1. The minimum Gasteiger partial charge on any atom is -0.456 e. The van der Waals surface area contributed by atoms with Crippen LogP contribution in [0.1, 0.15) is 30.4 Å². The number of para-hydroxylation sites is 2. The second-order valence-electron chi connectivity index (χ2n) is 6.47. The zero-order valence-electron chi connectivity index (χ0n) is 16.2. The average Bonchev–Trinajstić information content (AvgIpc) is 2.68. The second-order valence-corrected chi connectivity index (χ2v) is 6.47. The van der Waals surface area contributed by atoms with Gasteiger partial charge in [0.1, 0.15) is 0 Å². The van der Waals surface area contributed by atoms with Gasteiger partial charge in [0.2, 0.25) is 5.91 Å². The molecule has 0 bridgehead atoms. The summed E-state index contributed by atoms with van der Waals surface area (Å²) in [4.78, 5) is 35.4. The van der Waals surface area contributed by atoms with Crippen molar-refractivity contribution in [3.8, 4) is 0 Å². The fourth-order valence-corrected chi connectivity index (χ4v) is 2.56. The summed E-state index contributed by atoms with van der Waals surface area (Å²) >= 11 is 0. The first-order valence-corrected chi connectivity index (χ1v) is 9.14. The Morgan fingerprint density at radius 1 is 0.867 bits per heavy atom. The summed E-state index contributed by atoms with van der Waals surface area (Å²) in [6.45, 7) is 1.13. The molecule has 2 N–H and O–H groups in total. The monoisotopic (exact) mass is 422 g/mol. The number of rotatable bonds is 8. The maximum Gasteiger partial charge on any atom is 0.418 e. The minimum absolute atomic E-state index is 0.0780. The molecule has 0 unspecified atom stereocenters. The van der Waals surface area contributed by atoms with Crippen LogP contribution in [0.2, 0.25) is 0 Å². The van der Waals surface area contributed by atoms with Gasteiger partial charge < -0.3 is 15.4 Å². The van der Waals surface area contributed by atoms with Gasteiger partial charge in [-0.15, -0.1) is 0 Å². The molecule has 0 aliphatic carbocycles. The van der Waals surface area contributed by atoms with Crippen molar-refractivity contribution in [2.45, 2.75) is 32.4 Å². The highest BCUT2D eigenvalue weighted by Crippen LogP contribution is 2.34. The molecule has 2 aromatic rings. The average molecular weight is 422 g/mol. The molecule has 0 fully saturated rings. The van der Waals surface area contributed by atoms with Crippen molar-refractivity contribution in [3.05, 3.63) is 59.7 Å². The number of hydrogen-bond donors (Lipinski definition) is 2. The highest BCUT2D eigenvalue weighted by Gasteiger charge is 2.33. The number of nitrogens with one attached hydrogen (secondary N) is 2. The number of amides is 2. The third-order valence-electron chi connectivity index (χ3n) is 4.07. The van der Waals surface area contributed by atoms with E-state index in [0.717, 1.165) is 17.7 Å². The topological polar surface area (TPSA) is 84.5 Å². The number of alkyl halides is 3. The van der Waals surface area contributed by atoms with Crippen molar-refractivity contribution < 1.29 is 32.3 Å². The van der Waals surface area contributed by atoms with Crippen LogP contribution < -0.4 is 10.6 Å². The Bertz CT molecular complexity index is 913. The van der Waals surface area contributed by atoms with Crippen molar-refractivity contribution in [2.75, 3.05) is 17.2 Å². The van der Waals surface area contributed by atoms with E-state index >= 15 is 0 Å². The van der Waals surface area contributed by atoms with Crippen LogP contribution in [-0.2, 0) is 25.3 Å². The Kier molecular flexibility index (Phi) is 7.97. The summed E-state index contributed by atoms with van der Waals surface area (Å²) in [5.41, 5.74) is 0.174. The van der Waals surface area contributed by atoms with Crippen LogP contribution in [0.15, 0.2) is 48.5 Å². The predicted octanol–water partition coefficient (Wildman–Crippen LogP) is 4.30. The molecule has 0 aliphatic rings. The van der Waals surface area contributed by atoms with Gasteiger partial charge in [0.15, 0.2) is 6.61 Å². The van der Waals surface area contributed by atoms with Crippen LogP contribution in [0.25, 0.3) is 0 Å². The number of halogens is 3. The molecule has 160 valence electrons. The van der Waals surface area contributed by atoms with E-state index in [2.05, 4.69) is 10.6 Å². The van der Waals surface area contributed by atoms with Gasteiger partial charge in [-0.1, -0.05) is 30.3 Å². The molecule has 0 aliphatic heterocycles. The Balaban J connectivity index is 1.72. The molecule has 0 aromatic heterocycles. The maximum atomic E-state index is 12.9. The summed E-state index contributed by atoms with van der Waals surface area (Å²) in [7, 11) is 0. The first kappa shape index (κ1) is 22.9. The molecule has 0 saturated carbocycles. The molecule has 30 heavy (non-hydrogen) atoms. The van der Waals surface area contributed by atoms with Crippen molar-refractivity contribution >= 4 is 29.2 Å². The number of anilines is 2. The Morgan fingerprint density at radius 3 is 2.13 bits per heavy atom. The lowest BCUT2D eigenvalue weighted by molar-refractivity contribution is -0.147. The molecule has 0 heterocycles. The van der Waals surface area contributed by atoms with Crippen LogP contribution in [0.3, 0.4) is 0 Å². The van der Waals surface area contributed by atoms with E-state index in [0.29, 0.717) is 5.69 Å². The summed E-state index contributed by atoms with van der Waals surface area (Å²) < 4.78 is 43.5. The van der Waals surface area contributed by atoms with E-state index < -0.39 is 35.9 Å². The van der Waals surface area contributed by atoms with Crippen LogP contribution in [-0.4, -0.2) is 24.4 Å². The van der Waals surface area contributed by atoms with Crippen molar-refractivity contribution in [2.24, 2.45) is 0 Å². The van der Waals surface area contributed by atoms with E-state index in [1.54, 1.807) is 12.1 Å². The molecule has 0 spiro atoms. The fraction of sp³-hybridized carbons (Fsp3) is 0.286. The Hall–Kier alpha value is -3.36. The van der Waals surface area contributed by atoms with E-state index in [-0.39, 0.29) is 25.2 Å². The van der Waals surface area contributed by atoms with Gasteiger partial charge in [-0.3, -0.25) is 14.4 Å². The predicted molar refractivity (Wildman–Crippen MR) is 105 cm³/mol. The third-order valence-corrected chi connectivity index (χ3v) is 4.07. The lowest BCUT2D eigenvalue weighted by atomic mass is 10.1. The van der Waals surface area contributed by atoms with Gasteiger partial charge in [-0.05, 0) is 37.1 Å². The van der Waals surface area contributed by atoms with Crippen LogP contribution in [0.5, 0.6) is 0 Å². The lowest BCUT2D eigenvalue weighted by Crippen LogP contribution is -2.22. The van der Waals surface area contributed by atoms with Crippen LogP contribution >= 0.6 is 0 Å². The molecule has 0 saturated heterocycles.